The maximum atomic E-state index is 6.64. The van der Waals surface area contributed by atoms with Crippen LogP contribution in [0.3, 0.4) is 0 Å². The van der Waals surface area contributed by atoms with Crippen molar-refractivity contribution in [3.8, 4) is 34.1 Å². The van der Waals surface area contributed by atoms with E-state index in [0.717, 1.165) is 39.6 Å². The van der Waals surface area contributed by atoms with Gasteiger partial charge in [0.25, 0.3) is 0 Å². The van der Waals surface area contributed by atoms with Crippen molar-refractivity contribution in [2.45, 2.75) is 0 Å². The molecule has 0 fully saturated rings. The fourth-order valence-electron chi connectivity index (χ4n) is 7.56. The predicted octanol–water partition coefficient (Wildman–Crippen LogP) is 5.46. The minimum atomic E-state index is -3.42. The Morgan fingerprint density at radius 2 is 0.783 bits per heavy atom. The van der Waals surface area contributed by atoms with Gasteiger partial charge in [-0.15, -0.1) is 0 Å². The van der Waals surface area contributed by atoms with Crippen LogP contribution in [-0.4, -0.2) is 20.0 Å². The second kappa shape index (κ2) is 11.0. The van der Waals surface area contributed by atoms with Gasteiger partial charge in [-0.2, -0.15) is 0 Å². The number of ether oxygens (including phenoxy) is 2. The number of hydrogen-bond donors (Lipinski definition) is 0. The summed E-state index contributed by atoms with van der Waals surface area (Å²) in [6, 6.07) is 63.8. The van der Waals surface area contributed by atoms with E-state index in [9.17, 15) is 0 Å². The first-order valence-corrected chi connectivity index (χ1v) is 20.0. The number of fused-ring (bicyclic) bond motifs is 4. The van der Waals surface area contributed by atoms with Crippen LogP contribution in [0.25, 0.3) is 11.1 Å². The van der Waals surface area contributed by atoms with Gasteiger partial charge in [-0.25, -0.2) is 0 Å². The molecule has 46 heavy (non-hydrogen) atoms. The van der Waals surface area contributed by atoms with Crippen LogP contribution < -0.4 is 43.4 Å². The molecule has 9 rings (SSSR count). The molecule has 0 radical (unpaired) electrons. The summed E-state index contributed by atoms with van der Waals surface area (Å²) < 4.78 is 18.9. The van der Waals surface area contributed by atoms with Crippen LogP contribution in [0.5, 0.6) is 23.0 Å². The van der Waals surface area contributed by atoms with Gasteiger partial charge in [-0.3, -0.25) is 0 Å². The van der Waals surface area contributed by atoms with E-state index in [4.69, 9.17) is 9.47 Å². The number of benzene rings is 7. The molecular weight excluding hydrogens is 620 g/mol. The van der Waals surface area contributed by atoms with Crippen molar-refractivity contribution in [3.05, 3.63) is 176 Å². The van der Waals surface area contributed by atoms with E-state index in [1.165, 1.54) is 28.5 Å². The summed E-state index contributed by atoms with van der Waals surface area (Å²) in [4.78, 5) is 0. The molecule has 2 nitrogen and oxygen atoms in total. The minimum absolute atomic E-state index is 0.0668. The van der Waals surface area contributed by atoms with Crippen LogP contribution in [-0.2, 0) is 0 Å². The van der Waals surface area contributed by atoms with E-state index in [2.05, 4.69) is 164 Å². The average Bonchev–Trinajstić information content (AvgIpc) is 3.13. The molecule has 216 valence electrons. The zero-order valence-electron chi connectivity index (χ0n) is 25.1. The fourth-order valence-corrected chi connectivity index (χ4v) is 17.6. The standard InChI is InChI=1S/C42H29BGeO2/c1-4-16-32(17-5-1)44(33-18-6-2-7-19-33,34-20-8-3-9-21-34)35-22-14-15-30(27-35)31-28-40-42-41(29-31)46-39-26-13-11-24-37(39)43(42)36-23-10-12-25-38(36)45-40/h1-29H. The molecule has 0 atom stereocenters. The van der Waals surface area contributed by atoms with Gasteiger partial charge in [0.2, 0.25) is 0 Å². The van der Waals surface area contributed by atoms with Crippen molar-refractivity contribution in [1.82, 2.24) is 0 Å². The first-order chi connectivity index (χ1) is 22.8. The summed E-state index contributed by atoms with van der Waals surface area (Å²) in [5.74, 6) is 3.52. The molecule has 0 spiro atoms. The molecule has 7 aromatic carbocycles. The van der Waals surface area contributed by atoms with Gasteiger partial charge in [0, 0.05) is 0 Å². The Balaban J connectivity index is 1.26. The second-order valence-electron chi connectivity index (χ2n) is 12.0. The molecule has 0 unspecified atom stereocenters. The Bertz CT molecular complexity index is 2050. The predicted molar refractivity (Wildman–Crippen MR) is 193 cm³/mol. The third kappa shape index (κ3) is 4.19. The van der Waals surface area contributed by atoms with Gasteiger partial charge in [-0.1, -0.05) is 0 Å². The average molecular weight is 649 g/mol. The molecule has 0 N–H and O–H groups in total. The third-order valence-corrected chi connectivity index (χ3v) is 19.6. The summed E-state index contributed by atoms with van der Waals surface area (Å²) in [6.07, 6.45) is 0. The molecule has 2 aliphatic heterocycles. The quantitative estimate of drug-likeness (QED) is 0.231. The number of hydrogen-bond acceptors (Lipinski definition) is 2. The van der Waals surface area contributed by atoms with Crippen LogP contribution >= 0.6 is 0 Å². The summed E-state index contributed by atoms with van der Waals surface area (Å²) in [5, 5.41) is 0. The third-order valence-electron chi connectivity index (χ3n) is 9.54. The van der Waals surface area contributed by atoms with Crippen molar-refractivity contribution in [1.29, 1.82) is 0 Å². The Hall–Kier alpha value is -5.25. The van der Waals surface area contributed by atoms with Crippen molar-refractivity contribution >= 4 is 54.0 Å². The molecule has 0 amide bonds. The van der Waals surface area contributed by atoms with Gasteiger partial charge in [0.15, 0.2) is 0 Å². The van der Waals surface area contributed by atoms with Gasteiger partial charge >= 0.3 is 273 Å². The summed E-state index contributed by atoms with van der Waals surface area (Å²) in [6.45, 7) is 0.0668. The van der Waals surface area contributed by atoms with E-state index in [0.29, 0.717) is 0 Å². The van der Waals surface area contributed by atoms with E-state index in [-0.39, 0.29) is 6.71 Å². The number of para-hydroxylation sites is 2. The van der Waals surface area contributed by atoms with Crippen molar-refractivity contribution in [2.75, 3.05) is 0 Å². The molecule has 0 bridgehead atoms. The molecule has 0 aliphatic carbocycles. The topological polar surface area (TPSA) is 18.5 Å². The van der Waals surface area contributed by atoms with Crippen molar-refractivity contribution < 1.29 is 9.47 Å². The number of rotatable bonds is 5. The Morgan fingerprint density at radius 1 is 0.348 bits per heavy atom. The van der Waals surface area contributed by atoms with Gasteiger partial charge < -0.3 is 0 Å². The van der Waals surface area contributed by atoms with Crippen LogP contribution in [0.4, 0.5) is 0 Å². The molecule has 0 aromatic heterocycles. The zero-order chi connectivity index (χ0) is 30.5. The zero-order valence-corrected chi connectivity index (χ0v) is 27.2. The molecule has 2 aliphatic rings. The molecule has 4 heteroatoms. The van der Waals surface area contributed by atoms with Crippen molar-refractivity contribution in [3.63, 3.8) is 0 Å². The normalized spacial score (nSPS) is 12.7. The summed E-state index contributed by atoms with van der Waals surface area (Å²) in [7, 11) is 0. The molecule has 7 aromatic rings. The monoisotopic (exact) mass is 650 g/mol. The summed E-state index contributed by atoms with van der Waals surface area (Å²) >= 11 is -3.42. The van der Waals surface area contributed by atoms with E-state index < -0.39 is 13.3 Å². The van der Waals surface area contributed by atoms with E-state index in [1.807, 2.05) is 12.1 Å². The Labute approximate surface area is 272 Å². The Morgan fingerprint density at radius 3 is 1.28 bits per heavy atom. The fraction of sp³-hybridized carbons (Fsp3) is 0. The van der Waals surface area contributed by atoms with Crippen LogP contribution in [0.1, 0.15) is 0 Å². The first kappa shape index (κ1) is 27.1. The molecule has 0 saturated carbocycles. The van der Waals surface area contributed by atoms with E-state index in [1.54, 1.807) is 0 Å². The molecule has 2 heterocycles. The van der Waals surface area contributed by atoms with Gasteiger partial charge in [0.1, 0.15) is 0 Å². The Kier molecular flexibility index (Phi) is 6.46. The van der Waals surface area contributed by atoms with E-state index >= 15 is 0 Å². The molecular formula is C42H29BGeO2. The van der Waals surface area contributed by atoms with Crippen LogP contribution in [0.2, 0.25) is 0 Å². The van der Waals surface area contributed by atoms with Crippen LogP contribution in [0.15, 0.2) is 176 Å². The maximum absolute atomic E-state index is 6.64. The second-order valence-corrected chi connectivity index (χ2v) is 20.0. The SMILES string of the molecule is c1cc[c]([Ge]([c]2ccccc2)([c]2ccccc2)[c]2cccc(-c3cc4c5c(c3)Oc3ccccc3B5c3ccccc3O4)c2)cc1. The van der Waals surface area contributed by atoms with Gasteiger partial charge in [-0.05, 0) is 0 Å². The van der Waals surface area contributed by atoms with Crippen LogP contribution in [0, 0.1) is 0 Å². The summed E-state index contributed by atoms with van der Waals surface area (Å²) in [5.41, 5.74) is 5.68. The first-order valence-electron chi connectivity index (χ1n) is 15.8. The van der Waals surface area contributed by atoms with Crippen molar-refractivity contribution in [2.24, 2.45) is 0 Å². The van der Waals surface area contributed by atoms with Gasteiger partial charge in [0.05, 0.1) is 0 Å². The molecule has 0 saturated heterocycles.